The summed E-state index contributed by atoms with van der Waals surface area (Å²) in [4.78, 5) is 54.1. The van der Waals surface area contributed by atoms with Crippen molar-refractivity contribution in [3.05, 3.63) is 267 Å². The smallest absolute Gasteiger partial charge is 0.228 e. The first-order valence-corrected chi connectivity index (χ1v) is 43.1. The van der Waals surface area contributed by atoms with Gasteiger partial charge in [0.25, 0.3) is 0 Å². The van der Waals surface area contributed by atoms with Crippen molar-refractivity contribution >= 4 is 40.8 Å². The summed E-state index contributed by atoms with van der Waals surface area (Å²) >= 11 is 0. The fourth-order valence-corrected chi connectivity index (χ4v) is 17.4. The van der Waals surface area contributed by atoms with Crippen molar-refractivity contribution in [2.24, 2.45) is 5.92 Å². The number of hydrogen-bond acceptors (Lipinski definition) is 19. The van der Waals surface area contributed by atoms with Gasteiger partial charge in [-0.05, 0) is 216 Å². The minimum atomic E-state index is -0.00315. The van der Waals surface area contributed by atoms with Crippen LogP contribution < -0.4 is 31.9 Å². The van der Waals surface area contributed by atoms with Gasteiger partial charge in [0.05, 0.1) is 30.0 Å². The van der Waals surface area contributed by atoms with Crippen LogP contribution in [-0.4, -0.2) is 191 Å². The van der Waals surface area contributed by atoms with Crippen molar-refractivity contribution in [3.63, 3.8) is 0 Å². The number of likely N-dealkylation sites (tertiary alicyclic amines) is 1. The second-order valence-corrected chi connectivity index (χ2v) is 32.8. The summed E-state index contributed by atoms with van der Waals surface area (Å²) in [7, 11) is 4.40. The summed E-state index contributed by atoms with van der Waals surface area (Å²) in [6, 6.07) is 62.1. The maximum atomic E-state index is 12.7. The van der Waals surface area contributed by atoms with Crippen LogP contribution in [0.5, 0.6) is 0 Å². The molecule has 17 rings (SSSR count). The molecule has 3 atom stereocenters. The van der Waals surface area contributed by atoms with Crippen LogP contribution in [0.2, 0.25) is 0 Å². The highest BCUT2D eigenvalue weighted by Gasteiger charge is 2.32. The van der Waals surface area contributed by atoms with Gasteiger partial charge in [-0.1, -0.05) is 165 Å². The van der Waals surface area contributed by atoms with E-state index in [4.69, 9.17) is 29.4 Å². The van der Waals surface area contributed by atoms with Gasteiger partial charge in [0.15, 0.2) is 0 Å². The van der Waals surface area contributed by atoms with E-state index in [-0.39, 0.29) is 17.7 Å². The number of carbonyl (C=O) groups excluding carboxylic acids is 1. The van der Waals surface area contributed by atoms with Gasteiger partial charge in [0, 0.05) is 155 Å². The molecule has 3 saturated heterocycles. The third-order valence-electron chi connectivity index (χ3n) is 24.6. The van der Waals surface area contributed by atoms with Crippen LogP contribution >= 0.6 is 0 Å². The molecule has 0 spiro atoms. The van der Waals surface area contributed by atoms with Crippen molar-refractivity contribution in [1.29, 1.82) is 0 Å². The lowest BCUT2D eigenvalue weighted by Crippen LogP contribution is -2.44. The zero-order valence-corrected chi connectivity index (χ0v) is 69.5. The minimum Gasteiger partial charge on any atom is -0.385 e. The Morgan fingerprint density at radius 1 is 0.453 bits per heavy atom. The van der Waals surface area contributed by atoms with Crippen molar-refractivity contribution in [2.75, 3.05) is 157 Å². The summed E-state index contributed by atoms with van der Waals surface area (Å²) in [6.07, 6.45) is 17.5. The van der Waals surface area contributed by atoms with Crippen molar-refractivity contribution < 1.29 is 9.32 Å². The zero-order chi connectivity index (χ0) is 80.2. The standard InChI is InChI=1S/C34H37N5O.C32H44N6.C31H37N7O/c1-24-9-2-3-10-26(24)22-32(40)37-28-15-13-25(14-16-28)31-21-27-23-36-34(35-17-8-20-39-18-6-7-19-39)38-33(27)30-12-5-4-11-29(30)31;1-4-24(5-2)22-34-27-13-11-25(12-14-27)30-21-26-23-35-32(36-31(26)29-10-7-6-9-28(29)30)33-15-8-16-38-19-17-37(3)18-20-38;1-22-18-26(36-39-22)21-33-25-10-8-23(9-11-25)29-19-24-20-34-31(35-30(24)28-7-4-3-6-27(28)29)32-12-5-13-38-16-14-37(2)15-17-38/h2-5,9-16,23,31H,6-8,17-22H2,1H3,(H,37,40)(H,35,36,38);6-7,9-14,23-24,30,34H,4-5,8,15-22H2,1-3H3,(H,33,35,36);3-4,6-11,18,20,29,33H,5,12-17,19,21H2,1-2H3,(H,32,34,35). The Balaban J connectivity index is 0.000000138. The van der Waals surface area contributed by atoms with Crippen molar-refractivity contribution in [3.8, 4) is 33.8 Å². The molecule has 20 nitrogen and oxygen atoms in total. The maximum Gasteiger partial charge on any atom is 0.228 e. The number of aromatic nitrogens is 7. The topological polar surface area (TPSA) is 209 Å². The van der Waals surface area contributed by atoms with Crippen LogP contribution in [0.1, 0.15) is 149 Å². The average Bonchev–Trinajstić information content (AvgIpc) is 0.955. The normalized spacial score (nSPS) is 17.1. The largest absolute Gasteiger partial charge is 0.385 e. The van der Waals surface area contributed by atoms with Crippen LogP contribution in [0.3, 0.4) is 0 Å². The van der Waals surface area contributed by atoms with Crippen LogP contribution in [0.15, 0.2) is 199 Å². The molecule has 0 bridgehead atoms. The Morgan fingerprint density at radius 3 is 1.26 bits per heavy atom. The SMILES string of the molecule is CCC(CC)CNc1ccc(C2Cc3cnc(NCCCN4CCN(C)CC4)nc3-c3ccccc32)cc1.Cc1cc(CNc2ccc(C3Cc4cnc(NCCCN5CCN(C)CC5)nc4-c4ccccc43)cc2)no1.Cc1ccccc1CC(=O)Nc1ccc(C2Cc3cnc(NCCCN4CCCC4)nc3-c3ccccc32)cc1. The average molecular weight is 1570 g/mol. The molecule has 11 aromatic rings. The summed E-state index contributed by atoms with van der Waals surface area (Å²) in [5, 5.41) is 24.6. The molecule has 3 aliphatic heterocycles. The third-order valence-corrected chi connectivity index (χ3v) is 24.6. The number of piperazine rings is 2. The summed E-state index contributed by atoms with van der Waals surface area (Å²) in [5.74, 6) is 4.52. The molecule has 3 unspecified atom stereocenters. The molecule has 3 aliphatic carbocycles. The number of nitrogens with zero attached hydrogens (tertiary/aromatic N) is 12. The van der Waals surface area contributed by atoms with Crippen LogP contribution in [0.4, 0.5) is 34.9 Å². The Bertz CT molecular complexity index is 5030. The Morgan fingerprint density at radius 2 is 0.846 bits per heavy atom. The number of carbonyl (C=O) groups is 1. The first kappa shape index (κ1) is 81.4. The van der Waals surface area contributed by atoms with Crippen LogP contribution in [-0.2, 0) is 37.0 Å². The molecule has 7 aromatic carbocycles. The molecule has 3 fully saturated rings. The molecule has 608 valence electrons. The first-order chi connectivity index (χ1) is 57.4. The summed E-state index contributed by atoms with van der Waals surface area (Å²) in [5.41, 5.74) is 24.4. The molecular weight excluding hydrogens is 1450 g/mol. The number of benzene rings is 7. The van der Waals surface area contributed by atoms with E-state index in [1.54, 1.807) is 0 Å². The number of hydrogen-bond donors (Lipinski definition) is 6. The number of fused-ring (bicyclic) bond motifs is 9. The first-order valence-electron chi connectivity index (χ1n) is 43.1. The highest BCUT2D eigenvalue weighted by molar-refractivity contribution is 5.92. The molecule has 1 amide bonds. The summed E-state index contributed by atoms with van der Waals surface area (Å²) < 4.78 is 5.16. The number of likely N-dealkylation sites (N-methyl/N-ethyl adjacent to an activating group) is 2. The van der Waals surface area contributed by atoms with E-state index in [9.17, 15) is 4.79 Å². The monoisotopic (exact) mass is 1570 g/mol. The van der Waals surface area contributed by atoms with Gasteiger partial charge in [0.1, 0.15) is 11.5 Å². The van der Waals surface area contributed by atoms with E-state index >= 15 is 0 Å². The molecule has 6 N–H and O–H groups in total. The number of anilines is 6. The number of aryl methyl sites for hydroxylation is 2. The Labute approximate surface area is 692 Å². The maximum absolute atomic E-state index is 12.7. The van der Waals surface area contributed by atoms with Gasteiger partial charge in [-0.3, -0.25) is 4.79 Å². The second kappa shape index (κ2) is 39.9. The van der Waals surface area contributed by atoms with E-state index in [1.807, 2.05) is 74.9 Å². The molecule has 117 heavy (non-hydrogen) atoms. The molecule has 4 aromatic heterocycles. The van der Waals surface area contributed by atoms with Crippen LogP contribution in [0, 0.1) is 19.8 Å². The molecule has 6 aliphatic rings. The molecular formula is C97H118N18O2. The molecule has 7 heterocycles. The Hall–Kier alpha value is -10.7. The molecule has 20 heteroatoms. The fourth-order valence-electron chi connectivity index (χ4n) is 17.4. The van der Waals surface area contributed by atoms with Crippen molar-refractivity contribution in [2.45, 2.75) is 123 Å². The predicted molar refractivity (Wildman–Crippen MR) is 476 cm³/mol. The lowest BCUT2D eigenvalue weighted by atomic mass is 9.78. The van der Waals surface area contributed by atoms with Gasteiger partial charge in [0.2, 0.25) is 23.8 Å². The Kier molecular flexibility index (Phi) is 27.8. The second-order valence-electron chi connectivity index (χ2n) is 32.8. The van der Waals surface area contributed by atoms with Gasteiger partial charge in [-0.15, -0.1) is 0 Å². The fraction of sp³-hybridized carbons (Fsp3) is 0.402. The van der Waals surface area contributed by atoms with Gasteiger partial charge in [-0.25, -0.2) is 29.9 Å². The molecule has 0 saturated carbocycles. The molecule has 0 radical (unpaired) electrons. The highest BCUT2D eigenvalue weighted by Crippen LogP contribution is 2.46. The predicted octanol–water partition coefficient (Wildman–Crippen LogP) is 16.7. The van der Waals surface area contributed by atoms with Crippen LogP contribution in [0.25, 0.3) is 33.8 Å². The van der Waals surface area contributed by atoms with E-state index < -0.39 is 0 Å². The zero-order valence-electron chi connectivity index (χ0n) is 69.5. The quantitative estimate of drug-likeness (QED) is 0.0241. The lowest BCUT2D eigenvalue weighted by molar-refractivity contribution is -0.115. The van der Waals surface area contributed by atoms with E-state index in [1.165, 1.54) is 137 Å². The summed E-state index contributed by atoms with van der Waals surface area (Å²) in [6.45, 7) is 28.0. The van der Waals surface area contributed by atoms with Crippen molar-refractivity contribution in [1.82, 2.24) is 59.6 Å². The van der Waals surface area contributed by atoms with E-state index in [0.717, 1.165) is 179 Å². The van der Waals surface area contributed by atoms with Gasteiger partial charge >= 0.3 is 0 Å². The third kappa shape index (κ3) is 21.4. The van der Waals surface area contributed by atoms with Gasteiger partial charge < -0.3 is 60.9 Å². The van der Waals surface area contributed by atoms with E-state index in [0.29, 0.717) is 24.8 Å². The van der Waals surface area contributed by atoms with Gasteiger partial charge in [-0.2, -0.15) is 0 Å². The lowest BCUT2D eigenvalue weighted by Gasteiger charge is -2.32. The minimum absolute atomic E-state index is 0.00315. The number of rotatable bonds is 29. The number of amides is 1. The van der Waals surface area contributed by atoms with E-state index in [2.05, 4.69) is 228 Å². The highest BCUT2D eigenvalue weighted by atomic mass is 16.5. The number of nitrogens with one attached hydrogen (secondary N) is 6.